The summed E-state index contributed by atoms with van der Waals surface area (Å²) in [6.07, 6.45) is 6.76. The predicted molar refractivity (Wildman–Crippen MR) is 144 cm³/mol. The average Bonchev–Trinajstić information content (AvgIpc) is 2.90. The van der Waals surface area contributed by atoms with Gasteiger partial charge in [0.2, 0.25) is 0 Å². The highest BCUT2D eigenvalue weighted by Crippen LogP contribution is 2.32. The third-order valence-electron chi connectivity index (χ3n) is 7.22. The Kier molecular flexibility index (Phi) is 9.38. The summed E-state index contributed by atoms with van der Waals surface area (Å²) in [5.74, 6) is 6.56. The van der Waals surface area contributed by atoms with Crippen molar-refractivity contribution in [3.05, 3.63) is 70.6 Å². The van der Waals surface area contributed by atoms with Crippen molar-refractivity contribution in [3.63, 3.8) is 0 Å². The molecule has 0 amide bonds. The maximum absolute atomic E-state index is 13.7. The molecule has 0 bridgehead atoms. The number of aryl methyl sites for hydroxylation is 1. The standard InChI is InChI=1S/C30H32ClFN2O3/c1-37-25-9-11-29-26(19-25)23(13-15-33-29)6-2-5-22-14-17-34(20-24(22)8-12-30(35)36)16-3-4-21-7-10-27(31)28(32)18-21/h7,9-11,13,15,18-19,22,24H,2,5-6,8,12,14,16-17,20H2,1H3,(H,35,36)/t22-,24+/m1/s1. The Morgan fingerprint density at radius 1 is 1.22 bits per heavy atom. The van der Waals surface area contributed by atoms with Crippen LogP contribution in [-0.4, -0.2) is 47.7 Å². The highest BCUT2D eigenvalue weighted by atomic mass is 35.5. The zero-order chi connectivity index (χ0) is 26.2. The molecule has 0 saturated carbocycles. The summed E-state index contributed by atoms with van der Waals surface area (Å²) in [5.41, 5.74) is 2.83. The fraction of sp³-hybridized carbons (Fsp3) is 0.400. The highest BCUT2D eigenvalue weighted by Gasteiger charge is 2.29. The maximum Gasteiger partial charge on any atom is 0.303 e. The molecule has 194 valence electrons. The molecule has 1 aromatic heterocycles. The van der Waals surface area contributed by atoms with E-state index in [0.29, 0.717) is 30.4 Å². The lowest BCUT2D eigenvalue weighted by Gasteiger charge is -2.38. The molecule has 4 rings (SSSR count). The van der Waals surface area contributed by atoms with Crippen molar-refractivity contribution in [2.75, 3.05) is 26.7 Å². The minimum absolute atomic E-state index is 0.0886. The SMILES string of the molecule is COc1ccc2nccc(CCC[C@@H]3CCN(CC#Cc4ccc(Cl)c(F)c4)C[C@@H]3CCC(=O)O)c2c1. The number of piperidine rings is 1. The lowest BCUT2D eigenvalue weighted by Crippen LogP contribution is -2.41. The molecule has 37 heavy (non-hydrogen) atoms. The number of aliphatic carboxylic acids is 1. The third-order valence-corrected chi connectivity index (χ3v) is 7.53. The molecule has 0 aliphatic carbocycles. The summed E-state index contributed by atoms with van der Waals surface area (Å²) in [6, 6.07) is 12.6. The second-order valence-corrected chi connectivity index (χ2v) is 10.1. The molecule has 1 saturated heterocycles. The first kappa shape index (κ1) is 26.9. The summed E-state index contributed by atoms with van der Waals surface area (Å²) in [6.45, 7) is 2.33. The number of likely N-dealkylation sites (tertiary alicyclic amines) is 1. The van der Waals surface area contributed by atoms with E-state index in [1.165, 1.54) is 17.7 Å². The first-order valence-corrected chi connectivity index (χ1v) is 13.1. The number of nitrogens with zero attached hydrogens (tertiary/aromatic N) is 2. The molecule has 1 aliphatic heterocycles. The Hall–Kier alpha value is -3.14. The summed E-state index contributed by atoms with van der Waals surface area (Å²) in [5, 5.41) is 10.5. The fourth-order valence-electron chi connectivity index (χ4n) is 5.22. The number of carboxylic acids is 1. The van der Waals surface area contributed by atoms with E-state index in [4.69, 9.17) is 16.3 Å². The van der Waals surface area contributed by atoms with Crippen molar-refractivity contribution in [1.82, 2.24) is 9.88 Å². The summed E-state index contributed by atoms with van der Waals surface area (Å²) >= 11 is 5.75. The number of benzene rings is 2. The average molecular weight is 523 g/mol. The zero-order valence-corrected chi connectivity index (χ0v) is 21.8. The number of ether oxygens (including phenoxy) is 1. The topological polar surface area (TPSA) is 62.7 Å². The molecule has 0 spiro atoms. The molecule has 3 aromatic rings. The van der Waals surface area contributed by atoms with Crippen LogP contribution in [0.1, 0.15) is 43.2 Å². The normalized spacial score (nSPS) is 17.8. The van der Waals surface area contributed by atoms with E-state index >= 15 is 0 Å². The minimum atomic E-state index is -0.752. The number of carbonyl (C=O) groups is 1. The molecule has 1 fully saturated rings. The van der Waals surface area contributed by atoms with Crippen molar-refractivity contribution in [1.29, 1.82) is 0 Å². The summed E-state index contributed by atoms with van der Waals surface area (Å²) in [7, 11) is 1.67. The van der Waals surface area contributed by atoms with Crippen LogP contribution in [-0.2, 0) is 11.2 Å². The molecule has 5 nitrogen and oxygen atoms in total. The van der Waals surface area contributed by atoms with Gasteiger partial charge in [0.25, 0.3) is 0 Å². The van der Waals surface area contributed by atoms with Crippen LogP contribution in [0.4, 0.5) is 4.39 Å². The van der Waals surface area contributed by atoms with Gasteiger partial charge in [0, 0.05) is 30.1 Å². The highest BCUT2D eigenvalue weighted by molar-refractivity contribution is 6.30. The first-order valence-electron chi connectivity index (χ1n) is 12.7. The Balaban J connectivity index is 1.36. The van der Waals surface area contributed by atoms with Crippen molar-refractivity contribution < 1.29 is 19.0 Å². The van der Waals surface area contributed by atoms with Crippen molar-refractivity contribution in [2.45, 2.75) is 38.5 Å². The van der Waals surface area contributed by atoms with Crippen LogP contribution in [0, 0.1) is 29.5 Å². The number of aromatic nitrogens is 1. The van der Waals surface area contributed by atoms with Crippen LogP contribution in [0.15, 0.2) is 48.7 Å². The van der Waals surface area contributed by atoms with E-state index in [0.717, 1.165) is 55.4 Å². The van der Waals surface area contributed by atoms with Gasteiger partial charge in [-0.2, -0.15) is 0 Å². The molecule has 0 radical (unpaired) electrons. The van der Waals surface area contributed by atoms with E-state index in [1.54, 1.807) is 13.2 Å². The molecule has 2 aromatic carbocycles. The van der Waals surface area contributed by atoms with Gasteiger partial charge in [0.05, 0.1) is 24.2 Å². The summed E-state index contributed by atoms with van der Waals surface area (Å²) in [4.78, 5) is 18.1. The number of carboxylic acid groups (broad SMARTS) is 1. The zero-order valence-electron chi connectivity index (χ0n) is 21.1. The van der Waals surface area contributed by atoms with Crippen molar-refractivity contribution in [3.8, 4) is 17.6 Å². The summed E-state index contributed by atoms with van der Waals surface area (Å²) < 4.78 is 19.1. The first-order chi connectivity index (χ1) is 17.9. The Bertz CT molecular complexity index is 1300. The Morgan fingerprint density at radius 3 is 2.86 bits per heavy atom. The second kappa shape index (κ2) is 12.9. The van der Waals surface area contributed by atoms with Crippen molar-refractivity contribution in [2.24, 2.45) is 11.8 Å². The van der Waals surface area contributed by atoms with Gasteiger partial charge >= 0.3 is 5.97 Å². The molecule has 1 aliphatic rings. The van der Waals surface area contributed by atoms with Gasteiger partial charge in [0.1, 0.15) is 11.6 Å². The van der Waals surface area contributed by atoms with Gasteiger partial charge in [-0.3, -0.25) is 14.7 Å². The minimum Gasteiger partial charge on any atom is -0.497 e. The number of methoxy groups -OCH3 is 1. The van der Waals surface area contributed by atoms with E-state index in [-0.39, 0.29) is 11.4 Å². The quantitative estimate of drug-likeness (QED) is 0.338. The monoisotopic (exact) mass is 522 g/mol. The molecular formula is C30H32ClFN2O3. The van der Waals surface area contributed by atoms with Crippen LogP contribution in [0.5, 0.6) is 5.75 Å². The molecule has 2 atom stereocenters. The van der Waals surface area contributed by atoms with E-state index in [9.17, 15) is 14.3 Å². The van der Waals surface area contributed by atoms with Gasteiger partial charge in [0.15, 0.2) is 0 Å². The fourth-order valence-corrected chi connectivity index (χ4v) is 5.34. The van der Waals surface area contributed by atoms with Crippen LogP contribution in [0.2, 0.25) is 5.02 Å². The number of fused-ring (bicyclic) bond motifs is 1. The van der Waals surface area contributed by atoms with E-state index < -0.39 is 11.8 Å². The Morgan fingerprint density at radius 2 is 2.08 bits per heavy atom. The van der Waals surface area contributed by atoms with Crippen molar-refractivity contribution >= 4 is 28.5 Å². The lowest BCUT2D eigenvalue weighted by atomic mass is 9.79. The largest absolute Gasteiger partial charge is 0.497 e. The molecular weight excluding hydrogens is 491 g/mol. The van der Waals surface area contributed by atoms with E-state index in [2.05, 4.69) is 27.8 Å². The molecule has 0 unspecified atom stereocenters. The third kappa shape index (κ3) is 7.44. The number of hydrogen-bond acceptors (Lipinski definition) is 4. The molecule has 2 heterocycles. The molecule has 1 N–H and O–H groups in total. The van der Waals surface area contributed by atoms with Gasteiger partial charge < -0.3 is 9.84 Å². The number of hydrogen-bond donors (Lipinski definition) is 1. The smallest absolute Gasteiger partial charge is 0.303 e. The van der Waals surface area contributed by atoms with Gasteiger partial charge in [-0.1, -0.05) is 23.4 Å². The van der Waals surface area contributed by atoms with E-state index in [1.807, 2.05) is 24.4 Å². The second-order valence-electron chi connectivity index (χ2n) is 9.65. The number of pyridine rings is 1. The van der Waals surface area contributed by atoms with Crippen LogP contribution in [0.3, 0.4) is 0 Å². The van der Waals surface area contributed by atoms with Gasteiger partial charge in [-0.05, 0) is 98.5 Å². The predicted octanol–water partition coefficient (Wildman–Crippen LogP) is 6.21. The number of rotatable bonds is 9. The van der Waals surface area contributed by atoms with Crippen LogP contribution >= 0.6 is 11.6 Å². The maximum atomic E-state index is 13.7. The Labute approximate surface area is 222 Å². The van der Waals surface area contributed by atoms with Crippen LogP contribution < -0.4 is 4.74 Å². The van der Waals surface area contributed by atoms with Crippen LogP contribution in [0.25, 0.3) is 10.9 Å². The van der Waals surface area contributed by atoms with Gasteiger partial charge in [-0.25, -0.2) is 4.39 Å². The lowest BCUT2D eigenvalue weighted by molar-refractivity contribution is -0.137. The number of halogens is 2. The molecule has 7 heteroatoms. The van der Waals surface area contributed by atoms with Gasteiger partial charge in [-0.15, -0.1) is 0 Å².